The number of amides is 1. The smallest absolute Gasteiger partial charge is 0.323 e. The van der Waals surface area contributed by atoms with Gasteiger partial charge in [-0.05, 0) is 37.8 Å². The zero-order valence-corrected chi connectivity index (χ0v) is 15.0. The number of carboxylic acids is 1. The molecule has 0 bridgehead atoms. The number of hydrogen-bond acceptors (Lipinski definition) is 4. The minimum absolute atomic E-state index is 0.187. The second-order valence-electron chi connectivity index (χ2n) is 6.21. The number of fused-ring (bicyclic) bond motifs is 1. The number of nitrogens with one attached hydrogen (secondary N) is 1. The van der Waals surface area contributed by atoms with Crippen LogP contribution in [0.2, 0.25) is 0 Å². The van der Waals surface area contributed by atoms with Gasteiger partial charge in [-0.1, -0.05) is 6.92 Å². The highest BCUT2D eigenvalue weighted by Gasteiger charge is 2.19. The highest BCUT2D eigenvalue weighted by molar-refractivity contribution is 5.83. The summed E-state index contributed by atoms with van der Waals surface area (Å²) in [4.78, 5) is 41.2. The number of H-pyrrole nitrogens is 1. The van der Waals surface area contributed by atoms with E-state index in [9.17, 15) is 14.4 Å². The number of aromatic amines is 1. The number of pyridine rings is 1. The zero-order chi connectivity index (χ0) is 18.7. The molecule has 2 aromatic rings. The first kappa shape index (κ1) is 18.7. The predicted octanol–water partition coefficient (Wildman–Crippen LogP) is 1.13. The number of aryl methyl sites for hydroxylation is 3. The van der Waals surface area contributed by atoms with E-state index in [1.807, 2.05) is 20.8 Å². The fourth-order valence-corrected chi connectivity index (χ4v) is 3.13. The first-order valence-corrected chi connectivity index (χ1v) is 8.30. The van der Waals surface area contributed by atoms with Crippen LogP contribution in [0.5, 0.6) is 0 Å². The molecule has 8 nitrogen and oxygen atoms in total. The summed E-state index contributed by atoms with van der Waals surface area (Å²) in [5.41, 5.74) is 2.84. The van der Waals surface area contributed by atoms with Crippen LogP contribution >= 0.6 is 0 Å². The molecule has 2 heterocycles. The molecule has 0 aliphatic carbocycles. The average molecular weight is 348 g/mol. The van der Waals surface area contributed by atoms with Crippen molar-refractivity contribution < 1.29 is 14.7 Å². The maximum atomic E-state index is 12.4. The fraction of sp³-hybridized carbons (Fsp3) is 0.529. The summed E-state index contributed by atoms with van der Waals surface area (Å²) in [6.07, 6.45) is 1.31. The standard InChI is InChI=1S/C17H24N4O4/c1-5-8-21(9-14(23)24)13(22)7-6-12-10(2)15-16(18-11(12)3)20(4)19-17(15)25/h5-9H2,1-4H3,(H,19,25)(H,23,24). The average Bonchev–Trinajstić information content (AvgIpc) is 2.80. The van der Waals surface area contributed by atoms with E-state index < -0.39 is 5.97 Å². The predicted molar refractivity (Wildman–Crippen MR) is 93.6 cm³/mol. The summed E-state index contributed by atoms with van der Waals surface area (Å²) in [5, 5.41) is 12.2. The van der Waals surface area contributed by atoms with E-state index in [4.69, 9.17) is 5.11 Å². The van der Waals surface area contributed by atoms with Crippen molar-refractivity contribution in [1.82, 2.24) is 19.7 Å². The molecule has 0 radical (unpaired) electrons. The Kier molecular flexibility index (Phi) is 5.61. The van der Waals surface area contributed by atoms with Crippen molar-refractivity contribution >= 4 is 22.9 Å². The first-order valence-electron chi connectivity index (χ1n) is 8.30. The third kappa shape index (κ3) is 3.89. The van der Waals surface area contributed by atoms with Crippen molar-refractivity contribution in [3.63, 3.8) is 0 Å². The van der Waals surface area contributed by atoms with Gasteiger partial charge < -0.3 is 10.0 Å². The van der Waals surface area contributed by atoms with Gasteiger partial charge in [0.1, 0.15) is 6.54 Å². The lowest BCUT2D eigenvalue weighted by Crippen LogP contribution is -2.36. The molecule has 0 aliphatic rings. The van der Waals surface area contributed by atoms with Crippen LogP contribution < -0.4 is 5.56 Å². The Balaban J connectivity index is 2.25. The molecular formula is C17H24N4O4. The lowest BCUT2D eigenvalue weighted by molar-refractivity contribution is -0.144. The van der Waals surface area contributed by atoms with Crippen LogP contribution in [0, 0.1) is 13.8 Å². The molecule has 25 heavy (non-hydrogen) atoms. The highest BCUT2D eigenvalue weighted by atomic mass is 16.4. The molecule has 1 amide bonds. The molecule has 2 aromatic heterocycles. The SMILES string of the molecule is CCCN(CC(=O)O)C(=O)CCc1c(C)nc2c(c1C)c(=O)[nH]n2C. The fourth-order valence-electron chi connectivity index (χ4n) is 3.13. The van der Waals surface area contributed by atoms with Gasteiger partial charge in [0.05, 0.1) is 5.39 Å². The summed E-state index contributed by atoms with van der Waals surface area (Å²) in [6.45, 7) is 5.73. The molecule has 0 aliphatic heterocycles. The van der Waals surface area contributed by atoms with E-state index in [0.29, 0.717) is 30.4 Å². The largest absolute Gasteiger partial charge is 0.480 e. The number of carboxylic acid groups (broad SMARTS) is 1. The minimum Gasteiger partial charge on any atom is -0.480 e. The van der Waals surface area contributed by atoms with Crippen molar-refractivity contribution in [2.75, 3.05) is 13.1 Å². The minimum atomic E-state index is -1.02. The third-order valence-corrected chi connectivity index (χ3v) is 4.34. The Morgan fingerprint density at radius 2 is 2.00 bits per heavy atom. The van der Waals surface area contributed by atoms with Crippen LogP contribution in [0.3, 0.4) is 0 Å². The van der Waals surface area contributed by atoms with Crippen molar-refractivity contribution in [1.29, 1.82) is 0 Å². The Hall–Kier alpha value is -2.64. The highest BCUT2D eigenvalue weighted by Crippen LogP contribution is 2.21. The molecule has 0 saturated carbocycles. The Morgan fingerprint density at radius 3 is 2.60 bits per heavy atom. The third-order valence-electron chi connectivity index (χ3n) is 4.34. The number of carbonyl (C=O) groups is 2. The van der Waals surface area contributed by atoms with Crippen LogP contribution in [0.1, 0.15) is 36.6 Å². The second kappa shape index (κ2) is 7.50. The van der Waals surface area contributed by atoms with Gasteiger partial charge in [0.15, 0.2) is 5.65 Å². The number of aromatic nitrogens is 3. The molecule has 2 rings (SSSR count). The molecule has 0 spiro atoms. The van der Waals surface area contributed by atoms with Gasteiger partial charge in [-0.2, -0.15) is 0 Å². The summed E-state index contributed by atoms with van der Waals surface area (Å²) in [6, 6.07) is 0. The second-order valence-corrected chi connectivity index (χ2v) is 6.21. The van der Waals surface area contributed by atoms with Crippen LogP contribution in [-0.2, 0) is 23.1 Å². The molecular weight excluding hydrogens is 324 g/mol. The Morgan fingerprint density at radius 1 is 1.32 bits per heavy atom. The van der Waals surface area contributed by atoms with Gasteiger partial charge in [-0.3, -0.25) is 24.2 Å². The number of rotatable bonds is 7. The molecule has 0 unspecified atom stereocenters. The monoisotopic (exact) mass is 348 g/mol. The molecule has 0 fully saturated rings. The van der Waals surface area contributed by atoms with Crippen molar-refractivity contribution in [3.05, 3.63) is 27.2 Å². The molecule has 8 heteroatoms. The lowest BCUT2D eigenvalue weighted by Gasteiger charge is -2.20. The van der Waals surface area contributed by atoms with Crippen LogP contribution in [0.15, 0.2) is 4.79 Å². The van der Waals surface area contributed by atoms with Crippen LogP contribution in [0.4, 0.5) is 0 Å². The van der Waals surface area contributed by atoms with Gasteiger partial charge in [0, 0.05) is 25.7 Å². The van der Waals surface area contributed by atoms with E-state index in [0.717, 1.165) is 16.8 Å². The normalized spacial score (nSPS) is 11.0. The van der Waals surface area contributed by atoms with Gasteiger partial charge in [-0.15, -0.1) is 0 Å². The number of carbonyl (C=O) groups excluding carboxylic acids is 1. The molecule has 136 valence electrons. The summed E-state index contributed by atoms with van der Waals surface area (Å²) < 4.78 is 1.59. The maximum absolute atomic E-state index is 12.4. The van der Waals surface area contributed by atoms with Gasteiger partial charge in [0.25, 0.3) is 5.56 Å². The van der Waals surface area contributed by atoms with Crippen LogP contribution in [-0.4, -0.2) is 49.7 Å². The van der Waals surface area contributed by atoms with Crippen molar-refractivity contribution in [2.24, 2.45) is 7.05 Å². The zero-order valence-electron chi connectivity index (χ0n) is 15.0. The van der Waals surface area contributed by atoms with E-state index in [2.05, 4.69) is 10.1 Å². The quantitative estimate of drug-likeness (QED) is 0.780. The topological polar surface area (TPSA) is 108 Å². The summed E-state index contributed by atoms with van der Waals surface area (Å²) in [7, 11) is 1.73. The summed E-state index contributed by atoms with van der Waals surface area (Å²) >= 11 is 0. The molecule has 0 saturated heterocycles. The molecule has 0 aromatic carbocycles. The maximum Gasteiger partial charge on any atom is 0.323 e. The van der Waals surface area contributed by atoms with Gasteiger partial charge >= 0.3 is 5.97 Å². The van der Waals surface area contributed by atoms with Crippen molar-refractivity contribution in [2.45, 2.75) is 40.0 Å². The first-order chi connectivity index (χ1) is 11.8. The number of nitrogens with zero attached hydrogens (tertiary/aromatic N) is 3. The van der Waals surface area contributed by atoms with Gasteiger partial charge in [0.2, 0.25) is 5.91 Å². The number of aliphatic carboxylic acids is 1. The lowest BCUT2D eigenvalue weighted by atomic mass is 10.00. The molecule has 2 N–H and O–H groups in total. The van der Waals surface area contributed by atoms with E-state index in [1.54, 1.807) is 11.7 Å². The Labute approximate surface area is 145 Å². The van der Waals surface area contributed by atoms with Gasteiger partial charge in [-0.25, -0.2) is 4.98 Å². The molecule has 0 atom stereocenters. The Bertz CT molecular complexity index is 866. The van der Waals surface area contributed by atoms with E-state index in [1.165, 1.54) is 4.90 Å². The van der Waals surface area contributed by atoms with Crippen LogP contribution in [0.25, 0.3) is 11.0 Å². The number of hydrogen-bond donors (Lipinski definition) is 2. The summed E-state index contributed by atoms with van der Waals surface area (Å²) in [5.74, 6) is -1.22. The van der Waals surface area contributed by atoms with E-state index >= 15 is 0 Å². The van der Waals surface area contributed by atoms with E-state index in [-0.39, 0.29) is 24.4 Å². The van der Waals surface area contributed by atoms with Crippen molar-refractivity contribution in [3.8, 4) is 0 Å².